The van der Waals surface area contributed by atoms with Crippen LogP contribution in [0.15, 0.2) is 29.1 Å². The molecule has 0 aliphatic rings. The predicted molar refractivity (Wildman–Crippen MR) is 75.4 cm³/mol. The monoisotopic (exact) mass is 261 g/mol. The molecule has 0 saturated carbocycles. The smallest absolute Gasteiger partial charge is 0.261 e. The summed E-state index contributed by atoms with van der Waals surface area (Å²) in [6.07, 6.45) is 0. The highest BCUT2D eigenvalue weighted by atomic mass is 16.5. The van der Waals surface area contributed by atoms with Crippen molar-refractivity contribution in [1.82, 2.24) is 14.9 Å². The molecule has 1 heterocycles. The van der Waals surface area contributed by atoms with Crippen LogP contribution in [0, 0.1) is 0 Å². The Hall–Kier alpha value is -1.72. The van der Waals surface area contributed by atoms with Crippen molar-refractivity contribution in [3.05, 3.63) is 40.4 Å². The maximum Gasteiger partial charge on any atom is 0.261 e. The van der Waals surface area contributed by atoms with E-state index in [0.29, 0.717) is 18.5 Å². The molecule has 2 rings (SSSR count). The Morgan fingerprint density at radius 2 is 2.16 bits per heavy atom. The van der Waals surface area contributed by atoms with Crippen LogP contribution in [0.4, 0.5) is 0 Å². The van der Waals surface area contributed by atoms with E-state index >= 15 is 0 Å². The van der Waals surface area contributed by atoms with Gasteiger partial charge in [0, 0.05) is 7.11 Å². The third-order valence-electron chi connectivity index (χ3n) is 3.23. The number of benzene rings is 1. The number of aromatic nitrogens is 2. The number of rotatable bonds is 5. The van der Waals surface area contributed by atoms with Crippen LogP contribution in [-0.4, -0.2) is 30.3 Å². The maximum absolute atomic E-state index is 12.5. The Morgan fingerprint density at radius 3 is 2.84 bits per heavy atom. The van der Waals surface area contributed by atoms with Crippen LogP contribution in [0.2, 0.25) is 0 Å². The topological polar surface area (TPSA) is 56.2 Å². The fraction of sp³-hybridized carbons (Fsp3) is 0.429. The summed E-state index contributed by atoms with van der Waals surface area (Å²) in [5, 5.41) is 3.77. The highest BCUT2D eigenvalue weighted by molar-refractivity contribution is 5.77. The van der Waals surface area contributed by atoms with Gasteiger partial charge in [-0.2, -0.15) is 0 Å². The maximum atomic E-state index is 12.5. The van der Waals surface area contributed by atoms with Gasteiger partial charge in [0.15, 0.2) is 0 Å². The van der Waals surface area contributed by atoms with Crippen LogP contribution in [-0.2, 0) is 11.3 Å². The van der Waals surface area contributed by atoms with Gasteiger partial charge in [0.1, 0.15) is 5.82 Å². The standard InChI is InChI=1S/C14H19N3O2/c1-10(15-2)13-16-12-7-5-4-6-11(12)14(18)17(13)8-9-19-3/h4-7,10,15H,8-9H2,1-3H3/t10-/m0/s1. The molecule has 19 heavy (non-hydrogen) atoms. The number of ether oxygens (including phenoxy) is 1. The van der Waals surface area contributed by atoms with E-state index in [4.69, 9.17) is 4.74 Å². The van der Waals surface area contributed by atoms with Crippen LogP contribution in [0.1, 0.15) is 18.8 Å². The van der Waals surface area contributed by atoms with Crippen LogP contribution in [0.25, 0.3) is 10.9 Å². The van der Waals surface area contributed by atoms with Gasteiger partial charge in [-0.05, 0) is 26.1 Å². The van der Waals surface area contributed by atoms with Gasteiger partial charge in [0.2, 0.25) is 0 Å². The summed E-state index contributed by atoms with van der Waals surface area (Å²) in [4.78, 5) is 17.1. The molecule has 5 heteroatoms. The molecule has 1 atom stereocenters. The second-order valence-corrected chi connectivity index (χ2v) is 4.45. The van der Waals surface area contributed by atoms with E-state index in [-0.39, 0.29) is 11.6 Å². The molecule has 1 aromatic carbocycles. The van der Waals surface area contributed by atoms with Crippen LogP contribution in [0.3, 0.4) is 0 Å². The molecule has 0 amide bonds. The molecule has 2 aromatic rings. The van der Waals surface area contributed by atoms with E-state index in [1.54, 1.807) is 11.7 Å². The summed E-state index contributed by atoms with van der Waals surface area (Å²) in [5.74, 6) is 0.739. The molecule has 0 spiro atoms. The number of para-hydroxylation sites is 1. The Labute approximate surface area is 112 Å². The largest absolute Gasteiger partial charge is 0.383 e. The zero-order valence-electron chi connectivity index (χ0n) is 11.5. The molecule has 0 radical (unpaired) electrons. The normalized spacial score (nSPS) is 12.8. The van der Waals surface area contributed by atoms with Crippen LogP contribution in [0.5, 0.6) is 0 Å². The lowest BCUT2D eigenvalue weighted by Crippen LogP contribution is -2.31. The second-order valence-electron chi connectivity index (χ2n) is 4.45. The van der Waals surface area contributed by atoms with Gasteiger partial charge in [0.05, 0.1) is 30.1 Å². The van der Waals surface area contributed by atoms with Crippen molar-refractivity contribution >= 4 is 10.9 Å². The Balaban J connectivity index is 2.65. The lowest BCUT2D eigenvalue weighted by atomic mass is 10.2. The minimum absolute atomic E-state index is 0.00848. The van der Waals surface area contributed by atoms with E-state index in [1.807, 2.05) is 38.2 Å². The van der Waals surface area contributed by atoms with E-state index in [2.05, 4.69) is 10.3 Å². The molecule has 0 fully saturated rings. The van der Waals surface area contributed by atoms with E-state index < -0.39 is 0 Å². The van der Waals surface area contributed by atoms with Gasteiger partial charge >= 0.3 is 0 Å². The average molecular weight is 261 g/mol. The molecule has 102 valence electrons. The molecule has 0 unspecified atom stereocenters. The van der Waals surface area contributed by atoms with Gasteiger partial charge in [0.25, 0.3) is 5.56 Å². The molecule has 0 aliphatic carbocycles. The lowest BCUT2D eigenvalue weighted by Gasteiger charge is -2.17. The molecule has 0 saturated heterocycles. The third kappa shape index (κ3) is 2.67. The number of nitrogens with zero attached hydrogens (tertiary/aromatic N) is 2. The minimum Gasteiger partial charge on any atom is -0.383 e. The SMILES string of the molecule is CN[C@@H](C)c1nc2ccccc2c(=O)n1CCOC. The summed E-state index contributed by atoms with van der Waals surface area (Å²) < 4.78 is 6.76. The molecule has 0 aliphatic heterocycles. The first-order chi connectivity index (χ1) is 9.19. The number of methoxy groups -OCH3 is 1. The van der Waals surface area contributed by atoms with Crippen molar-refractivity contribution in [2.45, 2.75) is 19.5 Å². The zero-order valence-corrected chi connectivity index (χ0v) is 11.5. The van der Waals surface area contributed by atoms with E-state index in [0.717, 1.165) is 11.3 Å². The molecule has 0 bridgehead atoms. The molecule has 1 N–H and O–H groups in total. The average Bonchev–Trinajstić information content (AvgIpc) is 2.45. The Kier molecular flexibility index (Phi) is 4.29. The molecular formula is C14H19N3O2. The number of hydrogen-bond acceptors (Lipinski definition) is 4. The van der Waals surface area contributed by atoms with Crippen LogP contribution < -0.4 is 10.9 Å². The van der Waals surface area contributed by atoms with Crippen molar-refractivity contribution in [3.63, 3.8) is 0 Å². The Morgan fingerprint density at radius 1 is 1.42 bits per heavy atom. The van der Waals surface area contributed by atoms with Gasteiger partial charge < -0.3 is 10.1 Å². The highest BCUT2D eigenvalue weighted by Crippen LogP contribution is 2.13. The fourth-order valence-corrected chi connectivity index (χ4v) is 2.04. The first kappa shape index (κ1) is 13.7. The number of nitrogens with one attached hydrogen (secondary N) is 1. The second kappa shape index (κ2) is 5.95. The van der Waals surface area contributed by atoms with Crippen molar-refractivity contribution in [3.8, 4) is 0 Å². The zero-order chi connectivity index (χ0) is 13.8. The summed E-state index contributed by atoms with van der Waals surface area (Å²) in [6, 6.07) is 7.43. The lowest BCUT2D eigenvalue weighted by molar-refractivity contribution is 0.184. The summed E-state index contributed by atoms with van der Waals surface area (Å²) >= 11 is 0. The quantitative estimate of drug-likeness (QED) is 0.882. The van der Waals surface area contributed by atoms with Gasteiger partial charge in [-0.1, -0.05) is 12.1 Å². The first-order valence-electron chi connectivity index (χ1n) is 6.34. The first-order valence-corrected chi connectivity index (χ1v) is 6.34. The van der Waals surface area contributed by atoms with Crippen LogP contribution >= 0.6 is 0 Å². The summed E-state index contributed by atoms with van der Waals surface area (Å²) in [7, 11) is 3.48. The predicted octanol–water partition coefficient (Wildman–Crippen LogP) is 1.32. The fourth-order valence-electron chi connectivity index (χ4n) is 2.04. The molecule has 5 nitrogen and oxygen atoms in total. The van der Waals surface area contributed by atoms with Gasteiger partial charge in [-0.15, -0.1) is 0 Å². The summed E-state index contributed by atoms with van der Waals surface area (Å²) in [6.45, 7) is 2.98. The van der Waals surface area contributed by atoms with Gasteiger partial charge in [-0.3, -0.25) is 9.36 Å². The Bertz CT molecular complexity index is 622. The number of hydrogen-bond donors (Lipinski definition) is 1. The van der Waals surface area contributed by atoms with E-state index in [1.165, 1.54) is 0 Å². The third-order valence-corrected chi connectivity index (χ3v) is 3.23. The van der Waals surface area contributed by atoms with Crippen molar-refractivity contribution in [1.29, 1.82) is 0 Å². The minimum atomic E-state index is -0.0141. The van der Waals surface area contributed by atoms with Crippen molar-refractivity contribution < 1.29 is 4.74 Å². The van der Waals surface area contributed by atoms with Crippen molar-refractivity contribution in [2.24, 2.45) is 0 Å². The molecule has 1 aromatic heterocycles. The van der Waals surface area contributed by atoms with Crippen molar-refractivity contribution in [2.75, 3.05) is 20.8 Å². The van der Waals surface area contributed by atoms with E-state index in [9.17, 15) is 4.79 Å². The number of fused-ring (bicyclic) bond motifs is 1. The summed E-state index contributed by atoms with van der Waals surface area (Å²) in [5.41, 5.74) is 0.720. The van der Waals surface area contributed by atoms with Gasteiger partial charge in [-0.25, -0.2) is 4.98 Å². The molecular weight excluding hydrogens is 242 g/mol. The highest BCUT2D eigenvalue weighted by Gasteiger charge is 2.14.